The first-order chi connectivity index (χ1) is 5.72. The van der Waals surface area contributed by atoms with Crippen molar-refractivity contribution in [3.63, 3.8) is 0 Å². The van der Waals surface area contributed by atoms with Crippen LogP contribution in [0.4, 0.5) is 0 Å². The molecule has 1 aliphatic heterocycles. The van der Waals surface area contributed by atoms with E-state index < -0.39 is 0 Å². The zero-order chi connectivity index (χ0) is 8.97. The van der Waals surface area contributed by atoms with Crippen molar-refractivity contribution in [2.24, 2.45) is 0 Å². The molecular formula is C9H20N2O. The molecule has 0 radical (unpaired) electrons. The molecule has 3 nitrogen and oxygen atoms in total. The number of likely N-dealkylation sites (tertiary alicyclic amines) is 1. The maximum absolute atomic E-state index is 8.60. The molecule has 1 rings (SSSR count). The van der Waals surface area contributed by atoms with Crippen LogP contribution in [0.1, 0.15) is 20.3 Å². The van der Waals surface area contributed by atoms with Crippen LogP contribution in [0.15, 0.2) is 0 Å². The van der Waals surface area contributed by atoms with Crippen molar-refractivity contribution in [3.8, 4) is 0 Å². The third-order valence-electron chi connectivity index (χ3n) is 2.16. The van der Waals surface area contributed by atoms with Crippen molar-refractivity contribution in [1.82, 2.24) is 10.2 Å². The van der Waals surface area contributed by atoms with E-state index in [1.165, 1.54) is 0 Å². The van der Waals surface area contributed by atoms with Crippen LogP contribution < -0.4 is 5.32 Å². The quantitative estimate of drug-likeness (QED) is 0.615. The van der Waals surface area contributed by atoms with Crippen molar-refractivity contribution >= 4 is 0 Å². The van der Waals surface area contributed by atoms with Gasteiger partial charge in [0.15, 0.2) is 0 Å². The number of rotatable bonds is 5. The highest BCUT2D eigenvalue weighted by Gasteiger charge is 2.25. The van der Waals surface area contributed by atoms with Crippen molar-refractivity contribution in [1.29, 1.82) is 0 Å². The molecule has 2 N–H and O–H groups in total. The Balaban J connectivity index is 1.96. The minimum absolute atomic E-state index is 0.318. The number of hydrogen-bond acceptors (Lipinski definition) is 3. The number of aliphatic hydroxyl groups excluding tert-OH is 1. The first kappa shape index (κ1) is 9.96. The van der Waals surface area contributed by atoms with Gasteiger partial charge in [0.25, 0.3) is 0 Å². The van der Waals surface area contributed by atoms with Gasteiger partial charge in [-0.1, -0.05) is 13.8 Å². The molecular weight excluding hydrogens is 152 g/mol. The maximum atomic E-state index is 8.60. The van der Waals surface area contributed by atoms with Crippen LogP contribution in [0, 0.1) is 0 Å². The predicted molar refractivity (Wildman–Crippen MR) is 50.2 cm³/mol. The Morgan fingerprint density at radius 3 is 2.67 bits per heavy atom. The summed E-state index contributed by atoms with van der Waals surface area (Å²) >= 11 is 0. The molecule has 1 fully saturated rings. The molecule has 0 bridgehead atoms. The van der Waals surface area contributed by atoms with E-state index in [9.17, 15) is 0 Å². The molecule has 0 aromatic heterocycles. The average Bonchev–Trinajstić information content (AvgIpc) is 1.93. The van der Waals surface area contributed by atoms with Gasteiger partial charge in [0.1, 0.15) is 0 Å². The van der Waals surface area contributed by atoms with Crippen LogP contribution >= 0.6 is 0 Å². The summed E-state index contributed by atoms with van der Waals surface area (Å²) in [6.45, 7) is 8.02. The SMILES string of the molecule is CC(C)NC1CN(CCCO)C1. The van der Waals surface area contributed by atoms with Crippen molar-refractivity contribution in [2.75, 3.05) is 26.2 Å². The number of nitrogens with one attached hydrogen (secondary N) is 1. The Bertz CT molecular complexity index is 122. The number of nitrogens with zero attached hydrogens (tertiary/aromatic N) is 1. The van der Waals surface area contributed by atoms with Gasteiger partial charge in [0, 0.05) is 38.3 Å². The summed E-state index contributed by atoms with van der Waals surface area (Å²) < 4.78 is 0. The van der Waals surface area contributed by atoms with Crippen molar-refractivity contribution in [2.45, 2.75) is 32.4 Å². The molecule has 0 unspecified atom stereocenters. The highest BCUT2D eigenvalue weighted by molar-refractivity contribution is 4.86. The van der Waals surface area contributed by atoms with Gasteiger partial charge in [-0.2, -0.15) is 0 Å². The van der Waals surface area contributed by atoms with Gasteiger partial charge in [-0.15, -0.1) is 0 Å². The monoisotopic (exact) mass is 172 g/mol. The third kappa shape index (κ3) is 3.09. The Labute approximate surface area is 74.8 Å². The van der Waals surface area contributed by atoms with Crippen LogP contribution in [0.3, 0.4) is 0 Å². The average molecular weight is 172 g/mol. The van der Waals surface area contributed by atoms with E-state index >= 15 is 0 Å². The standard InChI is InChI=1S/C9H20N2O/c1-8(2)10-9-6-11(7-9)4-3-5-12/h8-10,12H,3-7H2,1-2H3. The summed E-state index contributed by atoms with van der Waals surface area (Å²) in [6.07, 6.45) is 0.911. The van der Waals surface area contributed by atoms with E-state index in [1.54, 1.807) is 0 Å². The molecule has 0 saturated carbocycles. The van der Waals surface area contributed by atoms with Crippen LogP contribution in [0.25, 0.3) is 0 Å². The van der Waals surface area contributed by atoms with Gasteiger partial charge in [-0.05, 0) is 6.42 Å². The zero-order valence-electron chi connectivity index (χ0n) is 8.08. The summed E-state index contributed by atoms with van der Waals surface area (Å²) in [6, 6.07) is 1.28. The molecule has 0 aromatic carbocycles. The molecule has 72 valence electrons. The van der Waals surface area contributed by atoms with E-state index in [-0.39, 0.29) is 0 Å². The fourth-order valence-electron chi connectivity index (χ4n) is 1.62. The normalized spacial score (nSPS) is 20.0. The smallest absolute Gasteiger partial charge is 0.0443 e. The fourth-order valence-corrected chi connectivity index (χ4v) is 1.62. The van der Waals surface area contributed by atoms with E-state index in [1.807, 2.05) is 0 Å². The minimum Gasteiger partial charge on any atom is -0.396 e. The Kier molecular flexibility index (Phi) is 3.98. The summed E-state index contributed by atoms with van der Waals surface area (Å²) in [7, 11) is 0. The maximum Gasteiger partial charge on any atom is 0.0443 e. The number of hydrogen-bond donors (Lipinski definition) is 2. The fraction of sp³-hybridized carbons (Fsp3) is 1.00. The summed E-state index contributed by atoms with van der Waals surface area (Å²) in [5.41, 5.74) is 0. The Hall–Kier alpha value is -0.120. The van der Waals surface area contributed by atoms with Gasteiger partial charge in [0.2, 0.25) is 0 Å². The number of aliphatic hydroxyl groups is 1. The van der Waals surface area contributed by atoms with Crippen LogP contribution in [0.5, 0.6) is 0 Å². The lowest BCUT2D eigenvalue weighted by molar-refractivity contribution is 0.111. The van der Waals surface area contributed by atoms with Gasteiger partial charge in [-0.3, -0.25) is 0 Å². The Morgan fingerprint density at radius 1 is 1.50 bits per heavy atom. The third-order valence-corrected chi connectivity index (χ3v) is 2.16. The molecule has 1 heterocycles. The first-order valence-corrected chi connectivity index (χ1v) is 4.81. The van der Waals surface area contributed by atoms with E-state index in [0.717, 1.165) is 26.1 Å². The van der Waals surface area contributed by atoms with Crippen LogP contribution in [-0.4, -0.2) is 48.3 Å². The second kappa shape index (κ2) is 4.80. The Morgan fingerprint density at radius 2 is 2.17 bits per heavy atom. The van der Waals surface area contributed by atoms with Crippen molar-refractivity contribution < 1.29 is 5.11 Å². The molecule has 1 aliphatic rings. The van der Waals surface area contributed by atoms with E-state index in [0.29, 0.717) is 18.7 Å². The lowest BCUT2D eigenvalue weighted by Crippen LogP contribution is -2.59. The molecule has 0 atom stereocenters. The molecule has 1 saturated heterocycles. The topological polar surface area (TPSA) is 35.5 Å². The summed E-state index contributed by atoms with van der Waals surface area (Å²) in [5, 5.41) is 12.1. The van der Waals surface area contributed by atoms with Crippen LogP contribution in [0.2, 0.25) is 0 Å². The molecule has 0 amide bonds. The molecule has 0 spiro atoms. The highest BCUT2D eigenvalue weighted by atomic mass is 16.3. The lowest BCUT2D eigenvalue weighted by atomic mass is 10.1. The molecule has 0 aromatic rings. The van der Waals surface area contributed by atoms with Gasteiger partial charge in [0.05, 0.1) is 0 Å². The van der Waals surface area contributed by atoms with Gasteiger partial charge >= 0.3 is 0 Å². The lowest BCUT2D eigenvalue weighted by Gasteiger charge is -2.40. The molecule has 12 heavy (non-hydrogen) atoms. The highest BCUT2D eigenvalue weighted by Crippen LogP contribution is 2.08. The second-order valence-electron chi connectivity index (χ2n) is 3.86. The van der Waals surface area contributed by atoms with Crippen molar-refractivity contribution in [3.05, 3.63) is 0 Å². The predicted octanol–water partition coefficient (Wildman–Crippen LogP) is 0.0510. The summed E-state index contributed by atoms with van der Waals surface area (Å²) in [4.78, 5) is 2.37. The molecule has 3 heteroatoms. The minimum atomic E-state index is 0.318. The first-order valence-electron chi connectivity index (χ1n) is 4.81. The van der Waals surface area contributed by atoms with Gasteiger partial charge < -0.3 is 15.3 Å². The largest absolute Gasteiger partial charge is 0.396 e. The van der Waals surface area contributed by atoms with E-state index in [2.05, 4.69) is 24.1 Å². The molecule has 0 aliphatic carbocycles. The second-order valence-corrected chi connectivity index (χ2v) is 3.86. The van der Waals surface area contributed by atoms with E-state index in [4.69, 9.17) is 5.11 Å². The summed E-state index contributed by atoms with van der Waals surface area (Å²) in [5.74, 6) is 0. The van der Waals surface area contributed by atoms with Gasteiger partial charge in [-0.25, -0.2) is 0 Å². The zero-order valence-corrected chi connectivity index (χ0v) is 8.08. The van der Waals surface area contributed by atoms with Crippen LogP contribution in [-0.2, 0) is 0 Å².